The standard InChI is InChI=1S/C11H9BrClNO/c1-2-3-7-10(15)14-9-6-4-5-8(13)11(9)12/h1,4-6H,3,7H2,(H,14,15). The molecule has 78 valence electrons. The third-order valence-electron chi connectivity index (χ3n) is 1.72. The second-order valence-electron chi connectivity index (χ2n) is 2.85. The first kappa shape index (κ1) is 12.1. The molecule has 0 bridgehead atoms. The van der Waals surface area contributed by atoms with E-state index in [2.05, 4.69) is 27.2 Å². The average molecular weight is 287 g/mol. The van der Waals surface area contributed by atoms with Crippen LogP contribution < -0.4 is 5.32 Å². The van der Waals surface area contributed by atoms with Gasteiger partial charge in [-0.25, -0.2) is 0 Å². The largest absolute Gasteiger partial charge is 0.325 e. The molecule has 1 amide bonds. The average Bonchev–Trinajstić information content (AvgIpc) is 2.22. The summed E-state index contributed by atoms with van der Waals surface area (Å²) in [5, 5.41) is 3.28. The number of terminal acetylenes is 1. The Balaban J connectivity index is 2.69. The minimum Gasteiger partial charge on any atom is -0.325 e. The van der Waals surface area contributed by atoms with Crippen LogP contribution in [0.25, 0.3) is 0 Å². The summed E-state index contributed by atoms with van der Waals surface area (Å²) >= 11 is 9.16. The molecule has 0 heterocycles. The summed E-state index contributed by atoms with van der Waals surface area (Å²) in [6.45, 7) is 0. The third-order valence-corrected chi connectivity index (χ3v) is 3.12. The molecule has 0 spiro atoms. The Bertz CT molecular complexity index is 412. The molecular weight excluding hydrogens is 277 g/mol. The number of carbonyl (C=O) groups is 1. The molecule has 0 unspecified atom stereocenters. The number of hydrogen-bond acceptors (Lipinski definition) is 1. The highest BCUT2D eigenvalue weighted by molar-refractivity contribution is 9.10. The molecule has 1 N–H and O–H groups in total. The van der Waals surface area contributed by atoms with Gasteiger partial charge < -0.3 is 5.32 Å². The molecule has 0 aromatic heterocycles. The molecule has 0 atom stereocenters. The van der Waals surface area contributed by atoms with Crippen molar-refractivity contribution in [1.82, 2.24) is 0 Å². The number of halogens is 2. The van der Waals surface area contributed by atoms with E-state index in [1.165, 1.54) is 0 Å². The van der Waals surface area contributed by atoms with E-state index in [0.717, 1.165) is 0 Å². The maximum Gasteiger partial charge on any atom is 0.225 e. The second kappa shape index (κ2) is 5.79. The van der Waals surface area contributed by atoms with Gasteiger partial charge in [0.05, 0.1) is 15.2 Å². The zero-order valence-electron chi connectivity index (χ0n) is 7.89. The number of rotatable bonds is 3. The van der Waals surface area contributed by atoms with Crippen molar-refractivity contribution in [2.75, 3.05) is 5.32 Å². The van der Waals surface area contributed by atoms with Gasteiger partial charge in [0.15, 0.2) is 0 Å². The minimum absolute atomic E-state index is 0.115. The van der Waals surface area contributed by atoms with Crippen LogP contribution in [0.3, 0.4) is 0 Å². The normalized spacial score (nSPS) is 9.40. The van der Waals surface area contributed by atoms with Crippen LogP contribution in [0.2, 0.25) is 5.02 Å². The van der Waals surface area contributed by atoms with E-state index in [1.54, 1.807) is 18.2 Å². The topological polar surface area (TPSA) is 29.1 Å². The number of hydrogen-bond donors (Lipinski definition) is 1. The molecule has 1 rings (SSSR count). The van der Waals surface area contributed by atoms with Crippen molar-refractivity contribution in [3.05, 3.63) is 27.7 Å². The van der Waals surface area contributed by atoms with Crippen LogP contribution >= 0.6 is 27.5 Å². The molecule has 15 heavy (non-hydrogen) atoms. The lowest BCUT2D eigenvalue weighted by atomic mass is 10.2. The molecule has 0 fully saturated rings. The zero-order chi connectivity index (χ0) is 11.3. The Hall–Kier alpha value is -0.980. The first-order valence-corrected chi connectivity index (χ1v) is 5.49. The fourth-order valence-electron chi connectivity index (χ4n) is 0.999. The van der Waals surface area contributed by atoms with E-state index >= 15 is 0 Å². The molecule has 1 aromatic rings. The summed E-state index contributed by atoms with van der Waals surface area (Å²) in [4.78, 5) is 11.4. The zero-order valence-corrected chi connectivity index (χ0v) is 10.2. The Kier molecular flexibility index (Phi) is 4.67. The van der Waals surface area contributed by atoms with E-state index < -0.39 is 0 Å². The molecular formula is C11H9BrClNO. The Labute approximate surface area is 102 Å². The third kappa shape index (κ3) is 3.58. The fourth-order valence-corrected chi connectivity index (χ4v) is 1.54. The lowest BCUT2D eigenvalue weighted by Gasteiger charge is -2.07. The van der Waals surface area contributed by atoms with Gasteiger partial charge in [-0.1, -0.05) is 17.7 Å². The van der Waals surface area contributed by atoms with Gasteiger partial charge in [-0.2, -0.15) is 0 Å². The number of carbonyl (C=O) groups excluding carboxylic acids is 1. The number of benzene rings is 1. The molecule has 0 aliphatic carbocycles. The van der Waals surface area contributed by atoms with Crippen molar-refractivity contribution >= 4 is 39.1 Å². The molecule has 0 saturated carbocycles. The first-order chi connectivity index (χ1) is 7.15. The number of nitrogens with one attached hydrogen (secondary N) is 1. The lowest BCUT2D eigenvalue weighted by molar-refractivity contribution is -0.116. The highest BCUT2D eigenvalue weighted by Gasteiger charge is 2.06. The second-order valence-corrected chi connectivity index (χ2v) is 4.05. The summed E-state index contributed by atoms with van der Waals surface area (Å²) < 4.78 is 0.681. The predicted molar refractivity (Wildman–Crippen MR) is 65.8 cm³/mol. The van der Waals surface area contributed by atoms with Crippen molar-refractivity contribution < 1.29 is 4.79 Å². The first-order valence-electron chi connectivity index (χ1n) is 4.32. The van der Waals surface area contributed by atoms with Crippen LogP contribution in [0, 0.1) is 12.3 Å². The van der Waals surface area contributed by atoms with E-state index in [-0.39, 0.29) is 5.91 Å². The summed E-state index contributed by atoms with van der Waals surface area (Å²) in [5.74, 6) is 2.30. The quantitative estimate of drug-likeness (QED) is 0.847. The monoisotopic (exact) mass is 285 g/mol. The minimum atomic E-state index is -0.115. The molecule has 0 saturated heterocycles. The molecule has 1 aromatic carbocycles. The smallest absolute Gasteiger partial charge is 0.225 e. The van der Waals surface area contributed by atoms with Gasteiger partial charge in [0, 0.05) is 12.8 Å². The van der Waals surface area contributed by atoms with Crippen molar-refractivity contribution in [2.45, 2.75) is 12.8 Å². The van der Waals surface area contributed by atoms with Crippen molar-refractivity contribution in [3.63, 3.8) is 0 Å². The van der Waals surface area contributed by atoms with Crippen LogP contribution in [0.4, 0.5) is 5.69 Å². The van der Waals surface area contributed by atoms with Crippen LogP contribution in [0.5, 0.6) is 0 Å². The predicted octanol–water partition coefficient (Wildman–Crippen LogP) is 3.45. The van der Waals surface area contributed by atoms with Gasteiger partial charge in [0.1, 0.15) is 0 Å². The Morgan fingerprint density at radius 3 is 3.00 bits per heavy atom. The molecule has 0 aliphatic rings. The van der Waals surface area contributed by atoms with E-state index in [9.17, 15) is 4.79 Å². The van der Waals surface area contributed by atoms with Crippen molar-refractivity contribution in [2.24, 2.45) is 0 Å². The Morgan fingerprint density at radius 1 is 1.60 bits per heavy atom. The molecule has 2 nitrogen and oxygen atoms in total. The summed E-state index contributed by atoms with van der Waals surface area (Å²) in [6.07, 6.45) is 5.81. The van der Waals surface area contributed by atoms with Crippen LogP contribution in [-0.2, 0) is 4.79 Å². The highest BCUT2D eigenvalue weighted by Crippen LogP contribution is 2.29. The number of anilines is 1. The van der Waals surface area contributed by atoms with E-state index in [0.29, 0.717) is 28.0 Å². The summed E-state index contributed by atoms with van der Waals surface area (Å²) in [6, 6.07) is 5.27. The maximum atomic E-state index is 11.4. The fraction of sp³-hybridized carbons (Fsp3) is 0.182. The van der Waals surface area contributed by atoms with Gasteiger partial charge >= 0.3 is 0 Å². The lowest BCUT2D eigenvalue weighted by Crippen LogP contribution is -2.11. The van der Waals surface area contributed by atoms with Crippen molar-refractivity contribution in [3.8, 4) is 12.3 Å². The highest BCUT2D eigenvalue weighted by atomic mass is 79.9. The summed E-state index contributed by atoms with van der Waals surface area (Å²) in [5.41, 5.74) is 0.657. The summed E-state index contributed by atoms with van der Waals surface area (Å²) in [7, 11) is 0. The van der Waals surface area contributed by atoms with Gasteiger partial charge in [0.25, 0.3) is 0 Å². The Morgan fingerprint density at radius 2 is 2.33 bits per heavy atom. The van der Waals surface area contributed by atoms with Gasteiger partial charge in [-0.15, -0.1) is 12.3 Å². The molecule has 0 radical (unpaired) electrons. The van der Waals surface area contributed by atoms with Crippen LogP contribution in [0.15, 0.2) is 22.7 Å². The van der Waals surface area contributed by atoms with Gasteiger partial charge in [-0.3, -0.25) is 4.79 Å². The SMILES string of the molecule is C#CCCC(=O)Nc1cccc(Cl)c1Br. The maximum absolute atomic E-state index is 11.4. The van der Waals surface area contributed by atoms with E-state index in [4.69, 9.17) is 18.0 Å². The van der Waals surface area contributed by atoms with Gasteiger partial charge in [-0.05, 0) is 28.1 Å². The molecule has 0 aliphatic heterocycles. The number of amides is 1. The van der Waals surface area contributed by atoms with Crippen LogP contribution in [-0.4, -0.2) is 5.91 Å². The van der Waals surface area contributed by atoms with Gasteiger partial charge in [0.2, 0.25) is 5.91 Å². The van der Waals surface area contributed by atoms with Crippen molar-refractivity contribution in [1.29, 1.82) is 0 Å². The van der Waals surface area contributed by atoms with Crippen LogP contribution in [0.1, 0.15) is 12.8 Å². The molecule has 4 heteroatoms. The van der Waals surface area contributed by atoms with E-state index in [1.807, 2.05) is 0 Å².